The largest absolute Gasteiger partial charge is 0.493 e. The number of carbonyl (C=O) groups is 2. The van der Waals surface area contributed by atoms with Crippen LogP contribution in [0.1, 0.15) is 43.6 Å². The molecule has 6 rings (SSSR count). The minimum atomic E-state index is -0.952. The molecule has 2 fully saturated rings. The maximum atomic E-state index is 14.0. The first-order valence-corrected chi connectivity index (χ1v) is 11.4. The molecule has 1 aromatic rings. The van der Waals surface area contributed by atoms with E-state index >= 15 is 0 Å². The molecule has 9 heteroatoms. The molecular weight excluding hydrogens is 432 g/mol. The molecule has 4 aliphatic heterocycles. The summed E-state index contributed by atoms with van der Waals surface area (Å²) >= 11 is 0. The Morgan fingerprint density at radius 2 is 1.91 bits per heavy atom. The summed E-state index contributed by atoms with van der Waals surface area (Å²) in [6.45, 7) is 1.88. The summed E-state index contributed by atoms with van der Waals surface area (Å²) in [5.74, 6) is -2.04. The van der Waals surface area contributed by atoms with Gasteiger partial charge in [0.1, 0.15) is 5.75 Å². The Kier molecular flexibility index (Phi) is 4.56. The van der Waals surface area contributed by atoms with E-state index in [1.807, 2.05) is 6.08 Å². The van der Waals surface area contributed by atoms with Crippen LogP contribution in [0.2, 0.25) is 0 Å². The lowest BCUT2D eigenvalue weighted by molar-refractivity contribution is -0.131. The second kappa shape index (κ2) is 7.28. The fraction of sp³-hybridized carbons (Fsp3) is 0.500. The van der Waals surface area contributed by atoms with Gasteiger partial charge in [-0.15, -0.1) is 0 Å². The van der Waals surface area contributed by atoms with Gasteiger partial charge in [-0.3, -0.25) is 9.59 Å². The second-order valence-electron chi connectivity index (χ2n) is 9.72. The summed E-state index contributed by atoms with van der Waals surface area (Å²) in [5, 5.41) is 9.23. The van der Waals surface area contributed by atoms with E-state index in [0.717, 1.165) is 24.6 Å². The van der Waals surface area contributed by atoms with E-state index in [1.165, 1.54) is 6.07 Å². The minimum Gasteiger partial charge on any atom is -0.493 e. The summed E-state index contributed by atoms with van der Waals surface area (Å²) in [7, 11) is 0. The van der Waals surface area contributed by atoms with Crippen molar-refractivity contribution in [2.45, 2.75) is 38.0 Å². The zero-order valence-corrected chi connectivity index (χ0v) is 18.1. The number of allylic oxidation sites excluding steroid dienone is 1. The molecule has 33 heavy (non-hydrogen) atoms. The Bertz CT molecular complexity index is 1120. The standard InChI is InChI=1S/C24H25F2N3O4/c25-16-8-14-15(23(1-2-23)12-33-19(14)10-17(16)26)9-20(30)28-13-7-18-21(27-11-13)24(22(31)29-18)3-5-32-6-4-24/h7-8,10,15,27H,1-6,9,11-12H2,(H,28,30)(H,29,31). The van der Waals surface area contributed by atoms with Gasteiger partial charge in [-0.2, -0.15) is 0 Å². The van der Waals surface area contributed by atoms with Crippen molar-refractivity contribution in [3.63, 3.8) is 0 Å². The maximum Gasteiger partial charge on any atom is 0.236 e. The van der Waals surface area contributed by atoms with Gasteiger partial charge in [0.05, 0.1) is 30.0 Å². The van der Waals surface area contributed by atoms with E-state index in [1.54, 1.807) is 0 Å². The quantitative estimate of drug-likeness (QED) is 0.649. The van der Waals surface area contributed by atoms with Gasteiger partial charge in [0.2, 0.25) is 11.8 Å². The Labute approximate surface area is 189 Å². The lowest BCUT2D eigenvalue weighted by Crippen LogP contribution is -2.43. The van der Waals surface area contributed by atoms with Crippen LogP contribution in [0.5, 0.6) is 5.75 Å². The molecule has 0 radical (unpaired) electrons. The molecule has 1 saturated carbocycles. The van der Waals surface area contributed by atoms with Gasteiger partial charge in [0.15, 0.2) is 11.6 Å². The van der Waals surface area contributed by atoms with Crippen LogP contribution in [-0.4, -0.2) is 38.2 Å². The Morgan fingerprint density at radius 3 is 2.67 bits per heavy atom. The monoisotopic (exact) mass is 457 g/mol. The number of dihydropyridines is 1. The first-order valence-electron chi connectivity index (χ1n) is 11.4. The van der Waals surface area contributed by atoms with Crippen molar-refractivity contribution in [1.82, 2.24) is 16.0 Å². The van der Waals surface area contributed by atoms with E-state index < -0.39 is 17.0 Å². The van der Waals surface area contributed by atoms with Crippen molar-refractivity contribution in [1.29, 1.82) is 0 Å². The third-order valence-electron chi connectivity index (χ3n) is 7.82. The van der Waals surface area contributed by atoms with Crippen molar-refractivity contribution in [3.8, 4) is 5.75 Å². The highest BCUT2D eigenvalue weighted by molar-refractivity contribution is 5.92. The van der Waals surface area contributed by atoms with Gasteiger partial charge in [-0.1, -0.05) is 0 Å². The fourth-order valence-corrected chi connectivity index (χ4v) is 5.72. The average Bonchev–Trinajstić information content (AvgIpc) is 3.53. The zero-order valence-electron chi connectivity index (χ0n) is 18.1. The van der Waals surface area contributed by atoms with E-state index in [4.69, 9.17) is 9.47 Å². The number of rotatable bonds is 3. The molecule has 1 unspecified atom stereocenters. The smallest absolute Gasteiger partial charge is 0.236 e. The van der Waals surface area contributed by atoms with Crippen molar-refractivity contribution in [3.05, 3.63) is 52.5 Å². The summed E-state index contributed by atoms with van der Waals surface area (Å²) in [6, 6.07) is 2.24. The van der Waals surface area contributed by atoms with Crippen molar-refractivity contribution >= 4 is 11.8 Å². The zero-order chi connectivity index (χ0) is 22.8. The Balaban J connectivity index is 1.21. The third kappa shape index (κ3) is 3.24. The van der Waals surface area contributed by atoms with Crippen LogP contribution in [0.15, 0.2) is 35.3 Å². The molecule has 174 valence electrons. The fourth-order valence-electron chi connectivity index (χ4n) is 5.72. The number of carbonyl (C=O) groups excluding carboxylic acids is 2. The summed E-state index contributed by atoms with van der Waals surface area (Å²) in [6.07, 6.45) is 5.00. The van der Waals surface area contributed by atoms with Gasteiger partial charge in [0, 0.05) is 48.3 Å². The number of halogens is 2. The lowest BCUT2D eigenvalue weighted by Gasteiger charge is -2.35. The van der Waals surface area contributed by atoms with Crippen LogP contribution >= 0.6 is 0 Å². The van der Waals surface area contributed by atoms with Gasteiger partial charge in [-0.25, -0.2) is 8.78 Å². The number of hydrogen-bond acceptors (Lipinski definition) is 5. The number of hydrogen-bond donors (Lipinski definition) is 3. The van der Waals surface area contributed by atoms with Gasteiger partial charge >= 0.3 is 0 Å². The molecule has 1 atom stereocenters. The number of ether oxygens (including phenoxy) is 2. The Hall–Kier alpha value is -2.94. The molecule has 4 heterocycles. The second-order valence-corrected chi connectivity index (χ2v) is 9.72. The van der Waals surface area contributed by atoms with Crippen molar-refractivity contribution in [2.24, 2.45) is 10.8 Å². The highest BCUT2D eigenvalue weighted by Gasteiger charge is 2.54. The summed E-state index contributed by atoms with van der Waals surface area (Å²) < 4.78 is 38.8. The number of amides is 2. The molecule has 3 N–H and O–H groups in total. The summed E-state index contributed by atoms with van der Waals surface area (Å²) in [4.78, 5) is 25.7. The first kappa shape index (κ1) is 20.7. The van der Waals surface area contributed by atoms with Crippen LogP contribution in [0.3, 0.4) is 0 Å². The number of fused-ring (bicyclic) bond motifs is 2. The van der Waals surface area contributed by atoms with Crippen LogP contribution < -0.4 is 20.7 Å². The normalized spacial score (nSPS) is 26.1. The topological polar surface area (TPSA) is 88.7 Å². The van der Waals surface area contributed by atoms with Crippen molar-refractivity contribution in [2.75, 3.05) is 26.4 Å². The van der Waals surface area contributed by atoms with Crippen LogP contribution in [-0.2, 0) is 14.3 Å². The van der Waals surface area contributed by atoms with Crippen LogP contribution in [0.4, 0.5) is 8.78 Å². The average molecular weight is 457 g/mol. The highest BCUT2D eigenvalue weighted by Crippen LogP contribution is 2.61. The van der Waals surface area contributed by atoms with E-state index in [0.29, 0.717) is 61.9 Å². The molecule has 1 aromatic carbocycles. The molecule has 2 amide bonds. The van der Waals surface area contributed by atoms with E-state index in [9.17, 15) is 18.4 Å². The Morgan fingerprint density at radius 1 is 1.15 bits per heavy atom. The first-order chi connectivity index (χ1) is 15.9. The predicted octanol–water partition coefficient (Wildman–Crippen LogP) is 2.35. The highest BCUT2D eigenvalue weighted by atomic mass is 19.2. The van der Waals surface area contributed by atoms with E-state index in [2.05, 4.69) is 16.0 Å². The van der Waals surface area contributed by atoms with Crippen LogP contribution in [0.25, 0.3) is 0 Å². The predicted molar refractivity (Wildman–Crippen MR) is 113 cm³/mol. The third-order valence-corrected chi connectivity index (χ3v) is 7.82. The molecule has 0 aromatic heterocycles. The van der Waals surface area contributed by atoms with Gasteiger partial charge in [0.25, 0.3) is 0 Å². The lowest BCUT2D eigenvalue weighted by atomic mass is 9.77. The molecule has 7 nitrogen and oxygen atoms in total. The SMILES string of the molecule is O=C(CC1c2cc(F)c(F)cc2OCC12CC2)NC1=CC2=C(NC1)C1(CCOCC1)C(=O)N2. The molecule has 1 aliphatic carbocycles. The van der Waals surface area contributed by atoms with E-state index in [-0.39, 0.29) is 29.6 Å². The summed E-state index contributed by atoms with van der Waals surface area (Å²) in [5.41, 5.74) is 2.00. The maximum absolute atomic E-state index is 14.0. The van der Waals surface area contributed by atoms with Crippen LogP contribution in [0, 0.1) is 22.5 Å². The molecular formula is C24H25F2N3O4. The van der Waals surface area contributed by atoms with Gasteiger partial charge in [-0.05, 0) is 37.8 Å². The molecule has 2 spiro atoms. The van der Waals surface area contributed by atoms with Crippen molar-refractivity contribution < 1.29 is 27.8 Å². The number of nitrogens with one attached hydrogen (secondary N) is 3. The minimum absolute atomic E-state index is 0.0316. The number of benzene rings is 1. The molecule has 5 aliphatic rings. The van der Waals surface area contributed by atoms with Gasteiger partial charge < -0.3 is 25.4 Å². The molecule has 0 bridgehead atoms. The molecule has 1 saturated heterocycles.